The van der Waals surface area contributed by atoms with Crippen molar-refractivity contribution in [2.75, 3.05) is 47.4 Å². The summed E-state index contributed by atoms with van der Waals surface area (Å²) in [5.41, 5.74) is 0.594. The van der Waals surface area contributed by atoms with Gasteiger partial charge in [0, 0.05) is 33.2 Å². The van der Waals surface area contributed by atoms with Crippen molar-refractivity contribution in [1.82, 2.24) is 20.9 Å². The highest BCUT2D eigenvalue weighted by Crippen LogP contribution is 2.13. The average molecular weight is 521 g/mol. The molecule has 0 heterocycles. The quantitative estimate of drug-likeness (QED) is 0.200. The lowest BCUT2D eigenvalue weighted by molar-refractivity contribution is 0.0529. The summed E-state index contributed by atoms with van der Waals surface area (Å²) in [6, 6.07) is 7.97. The maximum absolute atomic E-state index is 11.6. The van der Waals surface area contributed by atoms with Gasteiger partial charge in [0.05, 0.1) is 0 Å². The second-order valence-corrected chi connectivity index (χ2v) is 7.58. The number of nitrogens with zero attached hydrogens (tertiary/aromatic N) is 2. The molecule has 0 aliphatic heterocycles. The Balaban J connectivity index is 0.00000784. The Morgan fingerprint density at radius 2 is 1.83 bits per heavy atom. The van der Waals surface area contributed by atoms with Crippen molar-refractivity contribution in [2.45, 2.75) is 32.9 Å². The van der Waals surface area contributed by atoms with E-state index in [4.69, 9.17) is 9.47 Å². The zero-order valence-corrected chi connectivity index (χ0v) is 20.7. The van der Waals surface area contributed by atoms with Crippen molar-refractivity contribution in [3.8, 4) is 5.75 Å². The molecule has 0 fully saturated rings. The fourth-order valence-corrected chi connectivity index (χ4v) is 2.16. The molecule has 8 nitrogen and oxygen atoms in total. The number of likely N-dealkylation sites (N-methyl/N-ethyl adjacent to an activating group) is 1. The van der Waals surface area contributed by atoms with E-state index in [2.05, 4.69) is 25.8 Å². The first kappa shape index (κ1) is 27.2. The number of nitrogens with one attached hydrogen (secondary N) is 3. The van der Waals surface area contributed by atoms with Crippen LogP contribution in [0.4, 0.5) is 4.79 Å². The maximum Gasteiger partial charge on any atom is 0.407 e. The average Bonchev–Trinajstić information content (AvgIpc) is 2.59. The lowest BCUT2D eigenvalue weighted by atomic mass is 10.2. The molecule has 0 bridgehead atoms. The number of guanidine groups is 1. The Morgan fingerprint density at radius 1 is 1.14 bits per heavy atom. The van der Waals surface area contributed by atoms with Gasteiger partial charge in [0.25, 0.3) is 0 Å². The van der Waals surface area contributed by atoms with Crippen LogP contribution in [-0.4, -0.2) is 69.9 Å². The first-order valence-electron chi connectivity index (χ1n) is 9.47. The summed E-state index contributed by atoms with van der Waals surface area (Å²) in [6.45, 7) is 8.60. The summed E-state index contributed by atoms with van der Waals surface area (Å²) in [5.74, 6) is 1.51. The predicted molar refractivity (Wildman–Crippen MR) is 128 cm³/mol. The van der Waals surface area contributed by atoms with Crippen molar-refractivity contribution < 1.29 is 14.3 Å². The van der Waals surface area contributed by atoms with E-state index < -0.39 is 11.7 Å². The zero-order chi connectivity index (χ0) is 21.0. The van der Waals surface area contributed by atoms with Crippen molar-refractivity contribution in [3.05, 3.63) is 29.8 Å². The summed E-state index contributed by atoms with van der Waals surface area (Å²) < 4.78 is 10.9. The number of hydrogen-bond acceptors (Lipinski definition) is 5. The van der Waals surface area contributed by atoms with Crippen molar-refractivity contribution in [3.63, 3.8) is 0 Å². The van der Waals surface area contributed by atoms with Gasteiger partial charge < -0.3 is 30.3 Å². The number of hydrogen-bond donors (Lipinski definition) is 3. The van der Waals surface area contributed by atoms with Crippen LogP contribution in [0, 0.1) is 0 Å². The number of rotatable bonds is 9. The number of carbonyl (C=O) groups is 1. The standard InChI is InChI=1S/C20H35N5O3.HI/c1-20(2,3)28-19(26)23-11-10-22-18(21-4)24-15-16-8-7-9-17(14-16)27-13-12-25(5)6;/h7-9,14H,10-13,15H2,1-6H3,(H,23,26)(H2,21,22,24);1H. The van der Waals surface area contributed by atoms with Crippen molar-refractivity contribution in [2.24, 2.45) is 4.99 Å². The van der Waals surface area contributed by atoms with Crippen molar-refractivity contribution >= 4 is 36.0 Å². The summed E-state index contributed by atoms with van der Waals surface area (Å²) in [6.07, 6.45) is -0.427. The van der Waals surface area contributed by atoms with E-state index in [0.717, 1.165) is 17.9 Å². The van der Waals surface area contributed by atoms with Crippen LogP contribution < -0.4 is 20.7 Å². The molecule has 9 heteroatoms. The second kappa shape index (κ2) is 14.3. The number of ether oxygens (including phenoxy) is 2. The molecule has 29 heavy (non-hydrogen) atoms. The maximum atomic E-state index is 11.6. The zero-order valence-electron chi connectivity index (χ0n) is 18.4. The van der Waals surface area contributed by atoms with Gasteiger partial charge >= 0.3 is 6.09 Å². The van der Waals surface area contributed by atoms with E-state index in [9.17, 15) is 4.79 Å². The van der Waals surface area contributed by atoms with E-state index >= 15 is 0 Å². The third kappa shape index (κ3) is 14.0. The van der Waals surface area contributed by atoms with Crippen molar-refractivity contribution in [1.29, 1.82) is 0 Å². The summed E-state index contributed by atoms with van der Waals surface area (Å²) in [7, 11) is 5.74. The Kier molecular flexibility index (Phi) is 13.4. The van der Waals surface area contributed by atoms with Gasteiger partial charge in [-0.2, -0.15) is 0 Å². The molecule has 0 radical (unpaired) electrons. The summed E-state index contributed by atoms with van der Waals surface area (Å²) in [5, 5.41) is 9.10. The van der Waals surface area contributed by atoms with Gasteiger partial charge in [-0.05, 0) is 52.6 Å². The van der Waals surface area contributed by atoms with Crippen LogP contribution in [0.25, 0.3) is 0 Å². The molecule has 1 amide bonds. The van der Waals surface area contributed by atoms with E-state index in [1.807, 2.05) is 59.1 Å². The highest BCUT2D eigenvalue weighted by atomic mass is 127. The molecule has 0 aliphatic carbocycles. The molecule has 166 valence electrons. The number of carbonyl (C=O) groups excluding carboxylic acids is 1. The monoisotopic (exact) mass is 521 g/mol. The van der Waals surface area contributed by atoms with Crippen LogP contribution in [0.5, 0.6) is 5.75 Å². The van der Waals surface area contributed by atoms with Gasteiger partial charge in [0.15, 0.2) is 5.96 Å². The largest absolute Gasteiger partial charge is 0.492 e. The second-order valence-electron chi connectivity index (χ2n) is 7.58. The number of halogens is 1. The van der Waals surface area contributed by atoms with Gasteiger partial charge in [-0.15, -0.1) is 24.0 Å². The fraction of sp³-hybridized carbons (Fsp3) is 0.600. The van der Waals surface area contributed by atoms with E-state index in [1.165, 1.54) is 0 Å². The first-order chi connectivity index (χ1) is 13.2. The third-order valence-corrected chi connectivity index (χ3v) is 3.47. The Morgan fingerprint density at radius 3 is 2.45 bits per heavy atom. The minimum atomic E-state index is -0.500. The van der Waals surface area contributed by atoms with Gasteiger partial charge in [-0.25, -0.2) is 4.79 Å². The lowest BCUT2D eigenvalue weighted by Gasteiger charge is -2.20. The van der Waals surface area contributed by atoms with E-state index in [-0.39, 0.29) is 24.0 Å². The molecule has 0 saturated carbocycles. The Bertz CT molecular complexity index is 633. The molecule has 0 aromatic heterocycles. The number of alkyl carbamates (subject to hydrolysis) is 1. The van der Waals surface area contributed by atoms with Crippen LogP contribution in [0.1, 0.15) is 26.3 Å². The fourth-order valence-electron chi connectivity index (χ4n) is 2.16. The molecule has 1 aromatic carbocycles. The van der Waals surface area contributed by atoms with Crippen LogP contribution in [0.15, 0.2) is 29.3 Å². The highest BCUT2D eigenvalue weighted by Gasteiger charge is 2.15. The van der Waals surface area contributed by atoms with Crippen LogP contribution in [0.2, 0.25) is 0 Å². The molecular formula is C20H36IN5O3. The Hall–Kier alpha value is -1.75. The molecule has 3 N–H and O–H groups in total. The summed E-state index contributed by atoms with van der Waals surface area (Å²) in [4.78, 5) is 17.9. The predicted octanol–water partition coefficient (Wildman–Crippen LogP) is 2.43. The lowest BCUT2D eigenvalue weighted by Crippen LogP contribution is -2.42. The van der Waals surface area contributed by atoms with E-state index in [0.29, 0.717) is 32.2 Å². The molecule has 0 unspecified atom stereocenters. The highest BCUT2D eigenvalue weighted by molar-refractivity contribution is 14.0. The van der Waals surface area contributed by atoms with Gasteiger partial charge in [0.2, 0.25) is 0 Å². The van der Waals surface area contributed by atoms with Gasteiger partial charge in [-0.3, -0.25) is 4.99 Å². The van der Waals surface area contributed by atoms with Gasteiger partial charge in [0.1, 0.15) is 18.0 Å². The molecule has 0 spiro atoms. The molecule has 0 saturated heterocycles. The number of aliphatic imine (C=N–C) groups is 1. The van der Waals surface area contributed by atoms with Crippen LogP contribution in [0.3, 0.4) is 0 Å². The van der Waals surface area contributed by atoms with Crippen LogP contribution >= 0.6 is 24.0 Å². The minimum Gasteiger partial charge on any atom is -0.492 e. The molecule has 0 atom stereocenters. The number of amides is 1. The summed E-state index contributed by atoms with van der Waals surface area (Å²) >= 11 is 0. The third-order valence-electron chi connectivity index (χ3n) is 3.47. The Labute approximate surface area is 191 Å². The van der Waals surface area contributed by atoms with Crippen LogP contribution in [-0.2, 0) is 11.3 Å². The smallest absolute Gasteiger partial charge is 0.407 e. The minimum absolute atomic E-state index is 0. The first-order valence-corrected chi connectivity index (χ1v) is 9.47. The molecule has 0 aliphatic rings. The normalized spacial score (nSPS) is 11.5. The number of benzene rings is 1. The molecule has 1 rings (SSSR count). The topological polar surface area (TPSA) is 87.2 Å². The van der Waals surface area contributed by atoms with E-state index in [1.54, 1.807) is 7.05 Å². The SMILES string of the molecule is CN=C(NCCNC(=O)OC(C)(C)C)NCc1cccc(OCCN(C)C)c1.I. The molecular weight excluding hydrogens is 485 g/mol. The molecule has 1 aromatic rings. The van der Waals surface area contributed by atoms with Gasteiger partial charge in [-0.1, -0.05) is 12.1 Å².